The van der Waals surface area contributed by atoms with Gasteiger partial charge in [0.25, 0.3) is 10.0 Å². The van der Waals surface area contributed by atoms with E-state index < -0.39 is 10.0 Å². The minimum Gasteiger partial charge on any atom is -0.313 e. The maximum Gasteiger partial charge on any atom is 0.252 e. The molecule has 1 aliphatic rings. The van der Waals surface area contributed by atoms with E-state index in [9.17, 15) is 8.42 Å². The van der Waals surface area contributed by atoms with Gasteiger partial charge in [0.2, 0.25) is 0 Å². The molecule has 1 aliphatic heterocycles. The Labute approximate surface area is 137 Å². The van der Waals surface area contributed by atoms with E-state index in [-0.39, 0.29) is 12.1 Å². The van der Waals surface area contributed by atoms with Crippen molar-refractivity contribution in [1.82, 2.24) is 9.62 Å². The van der Waals surface area contributed by atoms with Crippen LogP contribution in [0.2, 0.25) is 5.02 Å². The van der Waals surface area contributed by atoms with E-state index in [0.29, 0.717) is 19.6 Å². The summed E-state index contributed by atoms with van der Waals surface area (Å²) in [6.07, 6.45) is 2.13. The molecule has 20 heavy (non-hydrogen) atoms. The van der Waals surface area contributed by atoms with E-state index in [1.54, 1.807) is 4.31 Å². The Morgan fingerprint density at radius 3 is 2.75 bits per heavy atom. The maximum atomic E-state index is 12.8. The van der Waals surface area contributed by atoms with Crippen molar-refractivity contribution in [1.29, 1.82) is 0 Å². The molecule has 4 nitrogen and oxygen atoms in total. The van der Waals surface area contributed by atoms with E-state index in [1.807, 2.05) is 13.8 Å². The van der Waals surface area contributed by atoms with E-state index in [4.69, 9.17) is 11.6 Å². The minimum atomic E-state index is -3.49. The second-order valence-electron chi connectivity index (χ2n) is 5.15. The topological polar surface area (TPSA) is 49.4 Å². The van der Waals surface area contributed by atoms with Crippen LogP contribution in [0, 0.1) is 0 Å². The van der Waals surface area contributed by atoms with Gasteiger partial charge in [0, 0.05) is 18.6 Å². The first-order chi connectivity index (χ1) is 9.32. The summed E-state index contributed by atoms with van der Waals surface area (Å²) in [7, 11) is -3.49. The summed E-state index contributed by atoms with van der Waals surface area (Å²) < 4.78 is 28.0. The molecule has 1 aromatic heterocycles. The number of hydrogen-bond donors (Lipinski definition) is 1. The van der Waals surface area contributed by atoms with Gasteiger partial charge >= 0.3 is 0 Å². The van der Waals surface area contributed by atoms with Gasteiger partial charge in [0.1, 0.15) is 4.21 Å². The summed E-state index contributed by atoms with van der Waals surface area (Å²) in [4.78, 5) is 0. The summed E-state index contributed by atoms with van der Waals surface area (Å²) in [5, 5.41) is 3.79. The molecule has 0 spiro atoms. The van der Waals surface area contributed by atoms with E-state index >= 15 is 0 Å². The maximum absolute atomic E-state index is 12.8. The lowest BCUT2D eigenvalue weighted by Gasteiger charge is -2.28. The minimum absolute atomic E-state index is 0.0814. The Hall–Kier alpha value is 0.340. The first-order valence-electron chi connectivity index (χ1n) is 6.52. The quantitative estimate of drug-likeness (QED) is 0.823. The number of halogens is 2. The molecule has 1 unspecified atom stereocenters. The van der Waals surface area contributed by atoms with Gasteiger partial charge in [0.15, 0.2) is 0 Å². The molecule has 1 atom stereocenters. The smallest absolute Gasteiger partial charge is 0.252 e. The molecule has 0 amide bonds. The molecule has 114 valence electrons. The van der Waals surface area contributed by atoms with Crippen LogP contribution in [0.1, 0.15) is 26.7 Å². The van der Waals surface area contributed by atoms with Crippen molar-refractivity contribution < 1.29 is 8.42 Å². The van der Waals surface area contributed by atoms with Crippen LogP contribution in [-0.2, 0) is 10.0 Å². The van der Waals surface area contributed by atoms with Crippen LogP contribution >= 0.6 is 38.9 Å². The van der Waals surface area contributed by atoms with E-state index in [2.05, 4.69) is 21.2 Å². The van der Waals surface area contributed by atoms with Crippen molar-refractivity contribution in [3.8, 4) is 0 Å². The van der Waals surface area contributed by atoms with Crippen molar-refractivity contribution in [2.45, 2.75) is 43.0 Å². The SMILES string of the molecule is CC(C)N(CC1CCCN1)S(=O)(=O)c1cc(Cl)c(Br)s1. The van der Waals surface area contributed by atoms with Gasteiger partial charge in [-0.25, -0.2) is 8.42 Å². The van der Waals surface area contributed by atoms with Crippen LogP contribution in [-0.4, -0.2) is 37.9 Å². The lowest BCUT2D eigenvalue weighted by atomic mass is 10.2. The predicted molar refractivity (Wildman–Crippen MR) is 87.1 cm³/mol. The zero-order valence-corrected chi connectivity index (χ0v) is 15.4. The molecule has 0 saturated carbocycles. The Balaban J connectivity index is 2.26. The average molecular weight is 402 g/mol. The number of thiophene rings is 1. The third-order valence-corrected chi connectivity index (χ3v) is 8.29. The monoisotopic (exact) mass is 400 g/mol. The van der Waals surface area contributed by atoms with Crippen LogP contribution in [0.25, 0.3) is 0 Å². The highest BCUT2D eigenvalue weighted by atomic mass is 79.9. The van der Waals surface area contributed by atoms with Crippen LogP contribution in [0.3, 0.4) is 0 Å². The van der Waals surface area contributed by atoms with Gasteiger partial charge in [-0.2, -0.15) is 4.31 Å². The highest BCUT2D eigenvalue weighted by Crippen LogP contribution is 2.36. The summed E-state index contributed by atoms with van der Waals surface area (Å²) in [5.74, 6) is 0. The molecule has 2 rings (SSSR count). The Bertz CT molecular complexity index is 549. The Morgan fingerprint density at radius 2 is 2.30 bits per heavy atom. The van der Waals surface area contributed by atoms with Crippen molar-refractivity contribution in [3.05, 3.63) is 14.9 Å². The molecule has 1 saturated heterocycles. The molecule has 0 aliphatic carbocycles. The van der Waals surface area contributed by atoms with Crippen LogP contribution < -0.4 is 5.32 Å². The molecule has 1 N–H and O–H groups in total. The van der Waals surface area contributed by atoms with Gasteiger partial charge < -0.3 is 5.32 Å². The van der Waals surface area contributed by atoms with Gasteiger partial charge in [-0.15, -0.1) is 11.3 Å². The molecule has 0 aromatic carbocycles. The van der Waals surface area contributed by atoms with E-state index in [0.717, 1.165) is 30.7 Å². The first kappa shape index (κ1) is 16.7. The first-order valence-corrected chi connectivity index (χ1v) is 9.95. The molecular weight excluding hydrogens is 384 g/mol. The van der Waals surface area contributed by atoms with Gasteiger partial charge in [-0.1, -0.05) is 11.6 Å². The molecule has 0 bridgehead atoms. The summed E-state index contributed by atoms with van der Waals surface area (Å²) in [6.45, 7) is 5.27. The summed E-state index contributed by atoms with van der Waals surface area (Å²) in [5.41, 5.74) is 0. The fourth-order valence-electron chi connectivity index (χ4n) is 2.29. The zero-order chi connectivity index (χ0) is 14.9. The average Bonchev–Trinajstić information content (AvgIpc) is 2.97. The molecule has 2 heterocycles. The Morgan fingerprint density at radius 1 is 1.60 bits per heavy atom. The predicted octanol–water partition coefficient (Wildman–Crippen LogP) is 3.32. The van der Waals surface area contributed by atoms with Crippen molar-refractivity contribution in [2.24, 2.45) is 0 Å². The summed E-state index contributed by atoms with van der Waals surface area (Å²) >= 11 is 10.4. The molecule has 1 aromatic rings. The van der Waals surface area contributed by atoms with Crippen molar-refractivity contribution in [3.63, 3.8) is 0 Å². The van der Waals surface area contributed by atoms with Gasteiger partial charge in [-0.3, -0.25) is 0 Å². The molecular formula is C12H18BrClN2O2S2. The molecule has 1 fully saturated rings. The number of nitrogens with zero attached hydrogens (tertiary/aromatic N) is 1. The standard InChI is InChI=1S/C12H18BrClN2O2S2/c1-8(2)16(7-9-4-3-5-15-9)20(17,18)11-6-10(14)12(13)19-11/h6,8-9,15H,3-5,7H2,1-2H3. The zero-order valence-electron chi connectivity index (χ0n) is 11.4. The second-order valence-corrected chi connectivity index (χ2v) is 10.0. The number of rotatable bonds is 5. The highest BCUT2D eigenvalue weighted by Gasteiger charge is 2.32. The number of nitrogens with one attached hydrogen (secondary N) is 1. The Kier molecular flexibility index (Phi) is 5.53. The van der Waals surface area contributed by atoms with Crippen LogP contribution in [0.15, 0.2) is 14.1 Å². The van der Waals surface area contributed by atoms with Gasteiger partial charge in [0.05, 0.1) is 8.81 Å². The largest absolute Gasteiger partial charge is 0.313 e. The fourth-order valence-corrected chi connectivity index (χ4v) is 6.50. The molecule has 0 radical (unpaired) electrons. The number of sulfonamides is 1. The van der Waals surface area contributed by atoms with Crippen molar-refractivity contribution >= 4 is 48.9 Å². The van der Waals surface area contributed by atoms with Crippen molar-refractivity contribution in [2.75, 3.05) is 13.1 Å². The second kappa shape index (κ2) is 6.62. The lowest BCUT2D eigenvalue weighted by Crippen LogP contribution is -2.44. The third-order valence-electron chi connectivity index (χ3n) is 3.32. The van der Waals surface area contributed by atoms with Gasteiger partial charge in [-0.05, 0) is 55.2 Å². The highest BCUT2D eigenvalue weighted by molar-refractivity contribution is 9.11. The fraction of sp³-hybridized carbons (Fsp3) is 0.667. The lowest BCUT2D eigenvalue weighted by molar-refractivity contribution is 0.323. The van der Waals surface area contributed by atoms with E-state index in [1.165, 1.54) is 6.07 Å². The normalized spacial score (nSPS) is 20.2. The van der Waals surface area contributed by atoms with Crippen LogP contribution in [0.5, 0.6) is 0 Å². The number of hydrogen-bond acceptors (Lipinski definition) is 4. The molecule has 8 heteroatoms. The summed E-state index contributed by atoms with van der Waals surface area (Å²) in [6, 6.07) is 1.68. The van der Waals surface area contributed by atoms with Crippen LogP contribution in [0.4, 0.5) is 0 Å². The third kappa shape index (κ3) is 3.56.